The van der Waals surface area contributed by atoms with Gasteiger partial charge >= 0.3 is 0 Å². The zero-order chi connectivity index (χ0) is 14.9. The number of likely N-dealkylation sites (N-methyl/N-ethyl adjacent to an activating group) is 1. The average molecular weight is 295 g/mol. The summed E-state index contributed by atoms with van der Waals surface area (Å²) in [4.78, 5) is 14.8. The summed E-state index contributed by atoms with van der Waals surface area (Å²) in [6.07, 6.45) is 5.42. The largest absolute Gasteiger partial charge is 0.381 e. The molecule has 3 aliphatic rings. The van der Waals surface area contributed by atoms with E-state index in [0.29, 0.717) is 5.41 Å². The van der Waals surface area contributed by atoms with E-state index in [0.717, 1.165) is 65.0 Å². The minimum atomic E-state index is 0.0735. The van der Waals surface area contributed by atoms with Crippen LogP contribution in [0.25, 0.3) is 0 Å². The van der Waals surface area contributed by atoms with Crippen LogP contribution in [0.1, 0.15) is 32.1 Å². The molecule has 2 heterocycles. The van der Waals surface area contributed by atoms with E-state index in [1.165, 1.54) is 0 Å². The summed E-state index contributed by atoms with van der Waals surface area (Å²) in [6, 6.07) is 0. The average Bonchev–Trinajstić information content (AvgIpc) is 3.19. The van der Waals surface area contributed by atoms with Crippen molar-refractivity contribution in [2.24, 2.45) is 11.3 Å². The van der Waals surface area contributed by atoms with Gasteiger partial charge in [-0.1, -0.05) is 0 Å². The summed E-state index contributed by atoms with van der Waals surface area (Å²) >= 11 is 0. The van der Waals surface area contributed by atoms with Gasteiger partial charge < -0.3 is 20.3 Å². The predicted molar refractivity (Wildman–Crippen MR) is 82.1 cm³/mol. The number of ether oxygens (including phenoxy) is 1. The van der Waals surface area contributed by atoms with Crippen LogP contribution in [0.15, 0.2) is 0 Å². The fraction of sp³-hybridized carbons (Fsp3) is 0.938. The second-order valence-corrected chi connectivity index (χ2v) is 7.32. The van der Waals surface area contributed by atoms with Gasteiger partial charge in [-0.15, -0.1) is 0 Å². The molecule has 2 saturated heterocycles. The lowest BCUT2D eigenvalue weighted by Crippen LogP contribution is -2.56. The van der Waals surface area contributed by atoms with E-state index in [2.05, 4.69) is 29.6 Å². The lowest BCUT2D eigenvalue weighted by atomic mass is 9.88. The zero-order valence-corrected chi connectivity index (χ0v) is 13.4. The van der Waals surface area contributed by atoms with Crippen LogP contribution < -0.4 is 10.6 Å². The highest BCUT2D eigenvalue weighted by molar-refractivity contribution is 5.82. The van der Waals surface area contributed by atoms with Crippen molar-refractivity contribution < 1.29 is 9.53 Å². The third-order valence-corrected chi connectivity index (χ3v) is 6.07. The van der Waals surface area contributed by atoms with Gasteiger partial charge in [-0.2, -0.15) is 0 Å². The molecule has 5 nitrogen and oxygen atoms in total. The van der Waals surface area contributed by atoms with Gasteiger partial charge in [0, 0.05) is 31.2 Å². The van der Waals surface area contributed by atoms with Gasteiger partial charge in [0.1, 0.15) is 0 Å². The van der Waals surface area contributed by atoms with Gasteiger partial charge in [0.15, 0.2) is 0 Å². The van der Waals surface area contributed by atoms with E-state index in [9.17, 15) is 4.79 Å². The third-order valence-electron chi connectivity index (χ3n) is 6.07. The summed E-state index contributed by atoms with van der Waals surface area (Å²) in [5, 5.41) is 6.64. The molecule has 3 rings (SSSR count). The molecule has 0 aromatic carbocycles. The molecular formula is C16H29N3O2. The molecular weight excluding hydrogens is 266 g/mol. The minimum Gasteiger partial charge on any atom is -0.381 e. The Kier molecular flexibility index (Phi) is 4.26. The van der Waals surface area contributed by atoms with Crippen LogP contribution in [0.2, 0.25) is 0 Å². The van der Waals surface area contributed by atoms with E-state index in [1.54, 1.807) is 0 Å². The fourth-order valence-corrected chi connectivity index (χ4v) is 4.10. The molecule has 3 fully saturated rings. The minimum absolute atomic E-state index is 0.0735. The Bertz CT molecular complexity index is 385. The smallest absolute Gasteiger partial charge is 0.223 e. The zero-order valence-electron chi connectivity index (χ0n) is 13.4. The molecule has 5 heteroatoms. The molecule has 1 aliphatic carbocycles. The molecule has 0 aromatic rings. The number of piperidine rings is 1. The summed E-state index contributed by atoms with van der Waals surface area (Å²) < 4.78 is 5.49. The molecule has 21 heavy (non-hydrogen) atoms. The monoisotopic (exact) mass is 295 g/mol. The van der Waals surface area contributed by atoms with E-state index >= 15 is 0 Å². The maximum atomic E-state index is 12.5. The molecule has 1 saturated carbocycles. The first-order valence-electron chi connectivity index (χ1n) is 8.32. The molecule has 1 spiro atoms. The Morgan fingerprint density at radius 2 is 1.90 bits per heavy atom. The Labute approximate surface area is 127 Å². The van der Waals surface area contributed by atoms with Gasteiger partial charge in [-0.25, -0.2) is 0 Å². The first kappa shape index (κ1) is 15.3. The molecule has 1 amide bonds. The van der Waals surface area contributed by atoms with Crippen LogP contribution in [0.4, 0.5) is 0 Å². The number of hydrogen-bond acceptors (Lipinski definition) is 4. The van der Waals surface area contributed by atoms with Crippen molar-refractivity contribution in [2.45, 2.75) is 37.6 Å². The van der Waals surface area contributed by atoms with Crippen molar-refractivity contribution in [1.29, 1.82) is 0 Å². The number of carbonyl (C=O) groups excluding carboxylic acids is 1. The Hall–Kier alpha value is -0.650. The van der Waals surface area contributed by atoms with Gasteiger partial charge in [-0.3, -0.25) is 4.79 Å². The van der Waals surface area contributed by atoms with Crippen LogP contribution in [0.5, 0.6) is 0 Å². The fourth-order valence-electron chi connectivity index (χ4n) is 4.10. The van der Waals surface area contributed by atoms with Gasteiger partial charge in [0.05, 0.1) is 0 Å². The lowest BCUT2D eigenvalue weighted by molar-refractivity contribution is -0.124. The Morgan fingerprint density at radius 1 is 1.24 bits per heavy atom. The summed E-state index contributed by atoms with van der Waals surface area (Å²) in [6.45, 7) is 4.50. The molecule has 0 aromatic heterocycles. The number of rotatable bonds is 4. The molecule has 2 N–H and O–H groups in total. The highest BCUT2D eigenvalue weighted by Gasteiger charge is 2.57. The van der Waals surface area contributed by atoms with Gasteiger partial charge in [0.25, 0.3) is 0 Å². The van der Waals surface area contributed by atoms with Crippen molar-refractivity contribution in [2.75, 3.05) is 46.9 Å². The van der Waals surface area contributed by atoms with Crippen molar-refractivity contribution >= 4 is 5.91 Å². The Morgan fingerprint density at radius 3 is 2.52 bits per heavy atom. The number of hydrogen-bond donors (Lipinski definition) is 2. The van der Waals surface area contributed by atoms with Gasteiger partial charge in [-0.05, 0) is 64.7 Å². The highest BCUT2D eigenvalue weighted by Crippen LogP contribution is 2.58. The second kappa shape index (κ2) is 5.86. The molecule has 0 radical (unpaired) electrons. The lowest BCUT2D eigenvalue weighted by Gasteiger charge is -2.43. The topological polar surface area (TPSA) is 53.6 Å². The molecule has 0 bridgehead atoms. The maximum absolute atomic E-state index is 12.5. The summed E-state index contributed by atoms with van der Waals surface area (Å²) in [5.74, 6) is 0.545. The SMILES string of the molecule is CN(C)C1(CNC(=O)C2CC23CCNCC3)CCOCC1. The molecule has 120 valence electrons. The van der Waals surface area contributed by atoms with Crippen molar-refractivity contribution in [3.63, 3.8) is 0 Å². The van der Waals surface area contributed by atoms with Crippen LogP contribution in [0, 0.1) is 11.3 Å². The van der Waals surface area contributed by atoms with E-state index in [4.69, 9.17) is 4.74 Å². The maximum Gasteiger partial charge on any atom is 0.223 e. The van der Waals surface area contributed by atoms with Crippen LogP contribution in [-0.4, -0.2) is 63.3 Å². The van der Waals surface area contributed by atoms with Crippen molar-refractivity contribution in [3.8, 4) is 0 Å². The first-order chi connectivity index (χ1) is 10.1. The Balaban J connectivity index is 1.53. The van der Waals surface area contributed by atoms with Crippen LogP contribution in [0.3, 0.4) is 0 Å². The van der Waals surface area contributed by atoms with E-state index in [1.807, 2.05) is 0 Å². The van der Waals surface area contributed by atoms with E-state index < -0.39 is 0 Å². The summed E-state index contributed by atoms with van der Waals surface area (Å²) in [5.41, 5.74) is 0.403. The molecule has 1 atom stereocenters. The predicted octanol–water partition coefficient (Wildman–Crippen LogP) is 0.603. The van der Waals surface area contributed by atoms with Crippen LogP contribution in [-0.2, 0) is 9.53 Å². The van der Waals surface area contributed by atoms with E-state index in [-0.39, 0.29) is 17.4 Å². The number of nitrogens with zero attached hydrogens (tertiary/aromatic N) is 1. The molecule has 2 aliphatic heterocycles. The number of carbonyl (C=O) groups is 1. The first-order valence-corrected chi connectivity index (χ1v) is 8.32. The quantitative estimate of drug-likeness (QED) is 0.798. The van der Waals surface area contributed by atoms with Gasteiger partial charge in [0.2, 0.25) is 5.91 Å². The summed E-state index contributed by atoms with van der Waals surface area (Å²) in [7, 11) is 4.23. The normalized spacial score (nSPS) is 30.3. The molecule has 1 unspecified atom stereocenters. The highest BCUT2D eigenvalue weighted by atomic mass is 16.5. The third kappa shape index (κ3) is 2.96. The standard InChI is InChI=1S/C16H29N3O2/c1-19(2)16(5-9-21-10-6-16)12-18-14(20)13-11-15(13)3-7-17-8-4-15/h13,17H,3-12H2,1-2H3,(H,18,20). The second-order valence-electron chi connectivity index (χ2n) is 7.32. The number of amides is 1. The van der Waals surface area contributed by atoms with Crippen molar-refractivity contribution in [1.82, 2.24) is 15.5 Å². The van der Waals surface area contributed by atoms with Crippen molar-refractivity contribution in [3.05, 3.63) is 0 Å². The number of nitrogens with one attached hydrogen (secondary N) is 2. The van der Waals surface area contributed by atoms with Crippen LogP contribution >= 0.6 is 0 Å².